The summed E-state index contributed by atoms with van der Waals surface area (Å²) in [7, 11) is -3.84. The Labute approximate surface area is 120 Å². The van der Waals surface area contributed by atoms with Crippen LogP contribution in [-0.4, -0.2) is 20.9 Å². The van der Waals surface area contributed by atoms with Crippen LogP contribution in [0, 0.1) is 12.8 Å². The summed E-state index contributed by atoms with van der Waals surface area (Å²) in [6.45, 7) is 2.27. The summed E-state index contributed by atoms with van der Waals surface area (Å²) < 4.78 is 23.5. The molecule has 0 aliphatic heterocycles. The fraction of sp³-hybridized carbons (Fsp3) is 0.417. The van der Waals surface area contributed by atoms with Crippen molar-refractivity contribution < 1.29 is 13.2 Å². The third-order valence-electron chi connectivity index (χ3n) is 3.11. The van der Waals surface area contributed by atoms with E-state index in [1.165, 1.54) is 6.07 Å². The number of rotatable bonds is 4. The molecule has 19 heavy (non-hydrogen) atoms. The number of carbonyl (C=O) groups is 1. The molecule has 7 heteroatoms. The first kappa shape index (κ1) is 14.5. The van der Waals surface area contributed by atoms with Crippen molar-refractivity contribution in [1.29, 1.82) is 0 Å². The highest BCUT2D eigenvalue weighted by Crippen LogP contribution is 2.28. The topological polar surface area (TPSA) is 89.3 Å². The quantitative estimate of drug-likeness (QED) is 0.866. The smallest absolute Gasteiger partial charge is 0.251 e. The van der Waals surface area contributed by atoms with Crippen molar-refractivity contribution in [1.82, 2.24) is 5.32 Å². The van der Waals surface area contributed by atoms with Crippen LogP contribution in [0.5, 0.6) is 0 Å². The van der Waals surface area contributed by atoms with Gasteiger partial charge >= 0.3 is 0 Å². The minimum absolute atomic E-state index is 0.0292. The van der Waals surface area contributed by atoms with Crippen LogP contribution in [0.1, 0.15) is 28.8 Å². The third-order valence-corrected chi connectivity index (χ3v) is 4.97. The molecule has 0 unspecified atom stereocenters. The molecule has 0 aromatic heterocycles. The predicted molar refractivity (Wildman–Crippen MR) is 75.3 cm³/mol. The average Bonchev–Trinajstić information content (AvgIpc) is 3.11. The molecular weight excluding hydrogens is 332 g/mol. The van der Waals surface area contributed by atoms with Crippen molar-refractivity contribution in [2.24, 2.45) is 11.1 Å². The van der Waals surface area contributed by atoms with Gasteiger partial charge in [-0.25, -0.2) is 13.6 Å². The van der Waals surface area contributed by atoms with Gasteiger partial charge in [0.05, 0.1) is 4.90 Å². The molecule has 0 radical (unpaired) electrons. The second kappa shape index (κ2) is 5.22. The first-order chi connectivity index (χ1) is 8.79. The van der Waals surface area contributed by atoms with Gasteiger partial charge in [-0.15, -0.1) is 0 Å². The number of benzene rings is 1. The number of halogens is 1. The van der Waals surface area contributed by atoms with Gasteiger partial charge in [0.2, 0.25) is 10.0 Å². The van der Waals surface area contributed by atoms with E-state index in [-0.39, 0.29) is 10.8 Å². The average molecular weight is 347 g/mol. The Balaban J connectivity index is 2.30. The molecule has 1 saturated carbocycles. The molecule has 1 fully saturated rings. The summed E-state index contributed by atoms with van der Waals surface area (Å²) in [5.41, 5.74) is 0.795. The van der Waals surface area contributed by atoms with Gasteiger partial charge in [0.25, 0.3) is 5.91 Å². The highest BCUT2D eigenvalue weighted by atomic mass is 79.9. The van der Waals surface area contributed by atoms with Crippen LogP contribution in [0.25, 0.3) is 0 Å². The number of primary sulfonamides is 1. The molecule has 104 valence electrons. The number of carbonyl (C=O) groups excluding carboxylic acids is 1. The number of amides is 1. The Morgan fingerprint density at radius 2 is 2.11 bits per heavy atom. The molecule has 1 aliphatic rings. The summed E-state index contributed by atoms with van der Waals surface area (Å²) in [5.74, 6) is 0.285. The largest absolute Gasteiger partial charge is 0.352 e. The lowest BCUT2D eigenvalue weighted by Gasteiger charge is -2.10. The summed E-state index contributed by atoms with van der Waals surface area (Å²) in [5, 5.41) is 7.94. The normalized spacial score (nSPS) is 15.3. The molecule has 1 amide bonds. The molecule has 0 bridgehead atoms. The van der Waals surface area contributed by atoms with E-state index < -0.39 is 10.0 Å². The summed E-state index contributed by atoms with van der Waals surface area (Å²) in [6.07, 6.45) is 2.28. The maximum absolute atomic E-state index is 12.0. The summed E-state index contributed by atoms with van der Waals surface area (Å²) in [6, 6.07) is 2.92. The lowest BCUT2D eigenvalue weighted by atomic mass is 10.1. The van der Waals surface area contributed by atoms with Crippen molar-refractivity contribution in [3.05, 3.63) is 27.7 Å². The van der Waals surface area contributed by atoms with Gasteiger partial charge in [0, 0.05) is 16.6 Å². The molecular formula is C12H15BrN2O3S. The SMILES string of the molecule is Cc1c(Br)cc(C(=O)NCC2CC2)cc1S(N)(=O)=O. The summed E-state index contributed by atoms with van der Waals surface area (Å²) >= 11 is 3.25. The van der Waals surface area contributed by atoms with Gasteiger partial charge in [-0.2, -0.15) is 0 Å². The van der Waals surface area contributed by atoms with Crippen LogP contribution in [-0.2, 0) is 10.0 Å². The molecule has 1 aliphatic carbocycles. The van der Waals surface area contributed by atoms with Crippen molar-refractivity contribution in [3.8, 4) is 0 Å². The molecule has 5 nitrogen and oxygen atoms in total. The second-order valence-corrected chi connectivity index (χ2v) is 7.16. The molecule has 0 spiro atoms. The van der Waals surface area contributed by atoms with E-state index >= 15 is 0 Å². The Kier molecular flexibility index (Phi) is 3.98. The van der Waals surface area contributed by atoms with Crippen LogP contribution in [0.15, 0.2) is 21.5 Å². The fourth-order valence-electron chi connectivity index (χ4n) is 1.74. The number of hydrogen-bond donors (Lipinski definition) is 2. The lowest BCUT2D eigenvalue weighted by molar-refractivity contribution is 0.0951. The number of nitrogens with two attached hydrogens (primary N) is 1. The molecule has 1 aromatic rings. The van der Waals surface area contributed by atoms with Crippen LogP contribution >= 0.6 is 15.9 Å². The first-order valence-corrected chi connectivity index (χ1v) is 8.24. The van der Waals surface area contributed by atoms with Gasteiger partial charge in [-0.3, -0.25) is 4.79 Å². The van der Waals surface area contributed by atoms with Gasteiger partial charge in [0.15, 0.2) is 0 Å². The molecule has 2 rings (SSSR count). The van der Waals surface area contributed by atoms with Crippen LogP contribution in [0.3, 0.4) is 0 Å². The van der Waals surface area contributed by atoms with E-state index in [9.17, 15) is 13.2 Å². The van der Waals surface area contributed by atoms with E-state index in [1.54, 1.807) is 13.0 Å². The van der Waals surface area contributed by atoms with Gasteiger partial charge in [-0.1, -0.05) is 15.9 Å². The van der Waals surface area contributed by atoms with Gasteiger partial charge in [0.1, 0.15) is 0 Å². The minimum Gasteiger partial charge on any atom is -0.352 e. The number of sulfonamides is 1. The zero-order valence-corrected chi connectivity index (χ0v) is 12.8. The van der Waals surface area contributed by atoms with Crippen LogP contribution < -0.4 is 10.5 Å². The van der Waals surface area contributed by atoms with E-state index in [1.807, 2.05) is 0 Å². The maximum atomic E-state index is 12.0. The monoisotopic (exact) mass is 346 g/mol. The highest BCUT2D eigenvalue weighted by Gasteiger charge is 2.23. The molecule has 0 heterocycles. The number of nitrogens with one attached hydrogen (secondary N) is 1. The number of hydrogen-bond acceptors (Lipinski definition) is 3. The molecule has 1 aromatic carbocycles. The zero-order chi connectivity index (χ0) is 14.2. The Bertz CT molecular complexity index is 624. The van der Waals surface area contributed by atoms with Gasteiger partial charge < -0.3 is 5.32 Å². The predicted octanol–water partition coefficient (Wildman–Crippen LogP) is 1.54. The van der Waals surface area contributed by atoms with E-state index in [4.69, 9.17) is 5.14 Å². The first-order valence-electron chi connectivity index (χ1n) is 5.90. The lowest BCUT2D eigenvalue weighted by Crippen LogP contribution is -2.26. The minimum atomic E-state index is -3.84. The van der Waals surface area contributed by atoms with E-state index in [0.29, 0.717) is 28.1 Å². The third kappa shape index (κ3) is 3.55. The molecule has 3 N–H and O–H groups in total. The standard InChI is InChI=1S/C12H15BrN2O3S/c1-7-10(13)4-9(5-11(7)19(14,17)18)12(16)15-6-8-2-3-8/h4-5,8H,2-3,6H2,1H3,(H,15,16)(H2,14,17,18). The van der Waals surface area contributed by atoms with E-state index in [0.717, 1.165) is 12.8 Å². The van der Waals surface area contributed by atoms with Crippen molar-refractivity contribution >= 4 is 31.9 Å². The molecule has 0 atom stereocenters. The Morgan fingerprint density at radius 3 is 2.63 bits per heavy atom. The summed E-state index contributed by atoms with van der Waals surface area (Å²) in [4.78, 5) is 11.9. The van der Waals surface area contributed by atoms with Crippen molar-refractivity contribution in [2.75, 3.05) is 6.54 Å². The van der Waals surface area contributed by atoms with Crippen LogP contribution in [0.2, 0.25) is 0 Å². The maximum Gasteiger partial charge on any atom is 0.251 e. The zero-order valence-electron chi connectivity index (χ0n) is 10.4. The Morgan fingerprint density at radius 1 is 1.47 bits per heavy atom. The second-order valence-electron chi connectivity index (χ2n) is 4.78. The van der Waals surface area contributed by atoms with E-state index in [2.05, 4.69) is 21.2 Å². The van der Waals surface area contributed by atoms with Gasteiger partial charge in [-0.05, 0) is 43.4 Å². The van der Waals surface area contributed by atoms with Crippen molar-refractivity contribution in [3.63, 3.8) is 0 Å². The highest BCUT2D eigenvalue weighted by molar-refractivity contribution is 9.10. The Hall–Kier alpha value is -0.920. The molecule has 0 saturated heterocycles. The fourth-order valence-corrected chi connectivity index (χ4v) is 3.16. The van der Waals surface area contributed by atoms with Crippen LogP contribution in [0.4, 0.5) is 0 Å². The van der Waals surface area contributed by atoms with Crippen molar-refractivity contribution in [2.45, 2.75) is 24.7 Å².